The molecular weight excluding hydrogens is 360 g/mol. The molecule has 0 saturated carbocycles. The van der Waals surface area contributed by atoms with Gasteiger partial charge in [0.1, 0.15) is 28.7 Å². The first-order chi connectivity index (χ1) is 12.4. The Bertz CT molecular complexity index is 828. The Morgan fingerprint density at radius 1 is 1.35 bits per heavy atom. The number of ether oxygens (including phenoxy) is 4. The summed E-state index contributed by atoms with van der Waals surface area (Å²) >= 11 is 6.38. The van der Waals surface area contributed by atoms with E-state index in [9.17, 15) is 9.59 Å². The lowest BCUT2D eigenvalue weighted by atomic mass is 9.75. The Morgan fingerprint density at radius 2 is 2.04 bits per heavy atom. The molecule has 1 spiro atoms. The molecule has 0 N–H and O–H groups in total. The Kier molecular flexibility index (Phi) is 4.71. The topological polar surface area (TPSA) is 71.1 Å². The number of hydrogen-bond donors (Lipinski definition) is 0. The summed E-state index contributed by atoms with van der Waals surface area (Å²) in [5.41, 5.74) is -1.25. The van der Waals surface area contributed by atoms with Gasteiger partial charge in [-0.1, -0.05) is 31.2 Å². The van der Waals surface area contributed by atoms with E-state index in [2.05, 4.69) is 6.58 Å². The lowest BCUT2D eigenvalue weighted by molar-refractivity contribution is -0.118. The van der Waals surface area contributed by atoms with Gasteiger partial charge in [-0.25, -0.2) is 0 Å². The molecule has 1 aromatic rings. The number of hydrogen-bond acceptors (Lipinski definition) is 6. The van der Waals surface area contributed by atoms with Crippen molar-refractivity contribution < 1.29 is 28.5 Å². The second-order valence-electron chi connectivity index (χ2n) is 6.15. The number of benzene rings is 1. The van der Waals surface area contributed by atoms with Gasteiger partial charge in [0, 0.05) is 24.5 Å². The molecule has 0 radical (unpaired) electrons. The second-order valence-corrected chi connectivity index (χ2v) is 6.52. The van der Waals surface area contributed by atoms with Gasteiger partial charge in [-0.05, 0) is 0 Å². The quantitative estimate of drug-likeness (QED) is 0.731. The van der Waals surface area contributed by atoms with Crippen LogP contribution in [-0.2, 0) is 9.53 Å². The maximum Gasteiger partial charge on any atom is 0.231 e. The molecule has 1 aromatic carbocycles. The Hall–Kier alpha value is -2.47. The van der Waals surface area contributed by atoms with E-state index in [1.165, 1.54) is 32.4 Å². The molecule has 1 heterocycles. The second kappa shape index (κ2) is 6.68. The summed E-state index contributed by atoms with van der Waals surface area (Å²) in [7, 11) is 2.90. The van der Waals surface area contributed by atoms with E-state index in [0.29, 0.717) is 5.75 Å². The standard InChI is InChI=1S/C19H19ClO6/c1-5-6-25-14-8-11(21)7-10(2)19(14)18(22)15-12(23-3)9-13(24-4)16(20)17(15)26-19/h5,8-10H,1,6-7H2,2-4H3/t10-,19+/m1/s1. The monoisotopic (exact) mass is 378 g/mol. The molecule has 1 aliphatic carbocycles. The molecule has 138 valence electrons. The molecule has 0 fully saturated rings. The third-order valence-electron chi connectivity index (χ3n) is 4.63. The van der Waals surface area contributed by atoms with Gasteiger partial charge < -0.3 is 18.9 Å². The summed E-state index contributed by atoms with van der Waals surface area (Å²) < 4.78 is 22.3. The molecule has 6 nitrogen and oxygen atoms in total. The number of rotatable bonds is 5. The number of fused-ring (bicyclic) bond motifs is 1. The van der Waals surface area contributed by atoms with Crippen molar-refractivity contribution in [2.75, 3.05) is 20.8 Å². The number of Topliss-reactive ketones (excluding diaryl/α,β-unsaturated/α-hetero) is 1. The summed E-state index contributed by atoms with van der Waals surface area (Å²) in [6.45, 7) is 5.50. The minimum absolute atomic E-state index is 0.134. The lowest BCUT2D eigenvalue weighted by Gasteiger charge is -2.36. The highest BCUT2D eigenvalue weighted by atomic mass is 35.5. The van der Waals surface area contributed by atoms with Crippen LogP contribution >= 0.6 is 11.6 Å². The van der Waals surface area contributed by atoms with Crippen molar-refractivity contribution in [1.29, 1.82) is 0 Å². The molecule has 26 heavy (non-hydrogen) atoms. The number of halogens is 1. The van der Waals surface area contributed by atoms with Crippen LogP contribution in [0.3, 0.4) is 0 Å². The van der Waals surface area contributed by atoms with E-state index in [1.807, 2.05) is 0 Å². The maximum absolute atomic E-state index is 13.4. The molecule has 0 bridgehead atoms. The van der Waals surface area contributed by atoms with Gasteiger partial charge in [0.15, 0.2) is 17.3 Å². The van der Waals surface area contributed by atoms with Crippen molar-refractivity contribution in [3.05, 3.63) is 41.1 Å². The first-order valence-electron chi connectivity index (χ1n) is 8.07. The van der Waals surface area contributed by atoms with Gasteiger partial charge in [0.05, 0.1) is 14.2 Å². The zero-order chi connectivity index (χ0) is 19.1. The number of ketones is 2. The van der Waals surface area contributed by atoms with Gasteiger partial charge in [-0.3, -0.25) is 9.59 Å². The number of allylic oxidation sites excluding steroid dienone is 1. The predicted molar refractivity (Wildman–Crippen MR) is 95.3 cm³/mol. The molecule has 2 atom stereocenters. The molecule has 0 aromatic heterocycles. The maximum atomic E-state index is 13.4. The molecule has 0 unspecified atom stereocenters. The predicted octanol–water partition coefficient (Wildman–Crippen LogP) is 3.37. The highest BCUT2D eigenvalue weighted by molar-refractivity contribution is 6.35. The van der Waals surface area contributed by atoms with Crippen LogP contribution in [0, 0.1) is 5.92 Å². The first kappa shape index (κ1) is 18.3. The van der Waals surface area contributed by atoms with Crippen LogP contribution in [0.25, 0.3) is 0 Å². The zero-order valence-electron chi connectivity index (χ0n) is 14.8. The summed E-state index contributed by atoms with van der Waals surface area (Å²) in [5, 5.41) is 0.167. The van der Waals surface area contributed by atoms with E-state index in [4.69, 9.17) is 30.5 Å². The van der Waals surface area contributed by atoms with Gasteiger partial charge in [-0.2, -0.15) is 0 Å². The Balaban J connectivity index is 2.21. The highest BCUT2D eigenvalue weighted by Crippen LogP contribution is 2.54. The van der Waals surface area contributed by atoms with Crippen LogP contribution in [0.15, 0.2) is 30.6 Å². The van der Waals surface area contributed by atoms with Gasteiger partial charge >= 0.3 is 0 Å². The molecule has 0 saturated heterocycles. The lowest BCUT2D eigenvalue weighted by Crippen LogP contribution is -2.51. The van der Waals surface area contributed by atoms with Crippen molar-refractivity contribution in [3.63, 3.8) is 0 Å². The minimum atomic E-state index is -1.47. The fourth-order valence-corrected chi connectivity index (χ4v) is 3.65. The number of methoxy groups -OCH3 is 2. The van der Waals surface area contributed by atoms with E-state index in [0.717, 1.165) is 0 Å². The van der Waals surface area contributed by atoms with E-state index in [-0.39, 0.29) is 52.4 Å². The van der Waals surface area contributed by atoms with Gasteiger partial charge in [0.2, 0.25) is 11.4 Å². The van der Waals surface area contributed by atoms with E-state index < -0.39 is 11.5 Å². The zero-order valence-corrected chi connectivity index (χ0v) is 15.5. The average molecular weight is 379 g/mol. The third kappa shape index (κ3) is 2.48. The number of carbonyl (C=O) groups excluding carboxylic acids is 2. The van der Waals surface area contributed by atoms with Crippen LogP contribution < -0.4 is 14.2 Å². The normalized spacial score (nSPS) is 24.0. The van der Waals surface area contributed by atoms with Crippen molar-refractivity contribution in [1.82, 2.24) is 0 Å². The molecular formula is C19H19ClO6. The number of carbonyl (C=O) groups is 2. The smallest absolute Gasteiger partial charge is 0.231 e. The molecule has 3 rings (SSSR count). The first-order valence-corrected chi connectivity index (χ1v) is 8.45. The summed E-state index contributed by atoms with van der Waals surface area (Å²) in [5.74, 6) is -0.0121. The Labute approximate surface area is 156 Å². The fraction of sp³-hybridized carbons (Fsp3) is 0.368. The van der Waals surface area contributed by atoms with Crippen LogP contribution in [0.4, 0.5) is 0 Å². The SMILES string of the molecule is C=CCOC1=CC(=O)C[C@@H](C)[C@]12Oc1c(Cl)c(OC)cc(OC)c1C2=O. The van der Waals surface area contributed by atoms with Crippen molar-refractivity contribution in [2.45, 2.75) is 18.9 Å². The minimum Gasteiger partial charge on any atom is -0.496 e. The highest BCUT2D eigenvalue weighted by Gasteiger charge is 2.60. The summed E-state index contributed by atoms with van der Waals surface area (Å²) in [6, 6.07) is 1.54. The van der Waals surface area contributed by atoms with Crippen molar-refractivity contribution >= 4 is 23.2 Å². The Morgan fingerprint density at radius 3 is 2.65 bits per heavy atom. The van der Waals surface area contributed by atoms with Gasteiger partial charge in [-0.15, -0.1) is 0 Å². The van der Waals surface area contributed by atoms with Crippen molar-refractivity contribution in [3.8, 4) is 17.2 Å². The van der Waals surface area contributed by atoms with Crippen LogP contribution in [0.1, 0.15) is 23.7 Å². The largest absolute Gasteiger partial charge is 0.496 e. The molecule has 1 aliphatic heterocycles. The van der Waals surface area contributed by atoms with E-state index >= 15 is 0 Å². The molecule has 2 aliphatic rings. The van der Waals surface area contributed by atoms with Gasteiger partial charge in [0.25, 0.3) is 0 Å². The fourth-order valence-electron chi connectivity index (χ4n) is 3.39. The summed E-state index contributed by atoms with van der Waals surface area (Å²) in [4.78, 5) is 25.5. The molecule has 0 amide bonds. The molecule has 7 heteroatoms. The van der Waals surface area contributed by atoms with E-state index in [1.54, 1.807) is 6.92 Å². The average Bonchev–Trinajstić information content (AvgIpc) is 2.93. The summed E-state index contributed by atoms with van der Waals surface area (Å²) in [6.07, 6.45) is 2.99. The van der Waals surface area contributed by atoms with Crippen molar-refractivity contribution in [2.24, 2.45) is 5.92 Å². The third-order valence-corrected chi connectivity index (χ3v) is 4.99. The van der Waals surface area contributed by atoms with Crippen LogP contribution in [0.5, 0.6) is 17.2 Å². The van der Waals surface area contributed by atoms with Crippen LogP contribution in [-0.4, -0.2) is 38.0 Å². The van der Waals surface area contributed by atoms with Crippen LogP contribution in [0.2, 0.25) is 5.02 Å².